The number of fused-ring (bicyclic) bond motifs is 3. The van der Waals surface area contributed by atoms with Crippen molar-refractivity contribution in [3.05, 3.63) is 41.5 Å². The number of nitrogens with zero attached hydrogens (tertiary/aromatic N) is 5. The molecular formula is C26H37N5O3. The van der Waals surface area contributed by atoms with Crippen LogP contribution in [0.2, 0.25) is 0 Å². The Morgan fingerprint density at radius 3 is 2.29 bits per heavy atom. The van der Waals surface area contributed by atoms with Gasteiger partial charge >= 0.3 is 12.0 Å². The van der Waals surface area contributed by atoms with Crippen molar-refractivity contribution >= 4 is 17.7 Å². The first-order chi connectivity index (χ1) is 15.7. The largest absolute Gasteiger partial charge is 0.455 e. The van der Waals surface area contributed by atoms with Gasteiger partial charge in [-0.25, -0.2) is 14.6 Å². The van der Waals surface area contributed by atoms with Crippen molar-refractivity contribution < 1.29 is 14.3 Å². The molecule has 1 aromatic heterocycles. The molecule has 0 aliphatic carbocycles. The van der Waals surface area contributed by atoms with Crippen LogP contribution in [0.3, 0.4) is 0 Å². The number of benzene rings is 1. The molecule has 4 rings (SSSR count). The van der Waals surface area contributed by atoms with Crippen molar-refractivity contribution in [1.82, 2.24) is 19.4 Å². The fourth-order valence-corrected chi connectivity index (χ4v) is 5.06. The molecule has 1 fully saturated rings. The van der Waals surface area contributed by atoms with Crippen LogP contribution < -0.4 is 4.90 Å². The number of hydrogen-bond acceptors (Lipinski definition) is 5. The Kier molecular flexibility index (Phi) is 5.79. The van der Waals surface area contributed by atoms with Gasteiger partial charge in [0.05, 0.1) is 22.6 Å². The van der Waals surface area contributed by atoms with Crippen LogP contribution in [-0.2, 0) is 10.3 Å². The highest BCUT2D eigenvalue weighted by atomic mass is 16.6. The summed E-state index contributed by atoms with van der Waals surface area (Å²) in [6, 6.07) is 6.47. The number of likely N-dealkylation sites (N-methyl/N-ethyl adjacent to an activating group) is 1. The van der Waals surface area contributed by atoms with Crippen LogP contribution in [0.15, 0.2) is 24.5 Å². The van der Waals surface area contributed by atoms with E-state index in [9.17, 15) is 9.59 Å². The van der Waals surface area contributed by atoms with Crippen molar-refractivity contribution in [1.29, 1.82) is 0 Å². The van der Waals surface area contributed by atoms with E-state index >= 15 is 0 Å². The Hall–Kier alpha value is -2.87. The van der Waals surface area contributed by atoms with Crippen molar-refractivity contribution in [3.63, 3.8) is 0 Å². The minimum absolute atomic E-state index is 0.0637. The molecule has 2 atom stereocenters. The summed E-state index contributed by atoms with van der Waals surface area (Å²) in [5.74, 6) is -0.487. The standard InChI is InChI=1S/C26H37N5O3/c1-16-10-11-19-20(12-16)31(24(33)29-13-17(2)28(9)18(3)14-29)26(7,8)22-21(27-15-30(19)22)23(32)34-25(4,5)6/h10-12,15,17-18H,13-14H2,1-9H3. The molecule has 2 unspecified atom stereocenters. The van der Waals surface area contributed by atoms with Crippen molar-refractivity contribution in [2.75, 3.05) is 25.0 Å². The molecule has 2 amide bonds. The molecular weight excluding hydrogens is 430 g/mol. The maximum atomic E-state index is 14.2. The number of amides is 2. The highest BCUT2D eigenvalue weighted by Gasteiger charge is 2.47. The fraction of sp³-hybridized carbons (Fsp3) is 0.577. The zero-order valence-corrected chi connectivity index (χ0v) is 21.8. The Morgan fingerprint density at radius 2 is 1.71 bits per heavy atom. The quantitative estimate of drug-likeness (QED) is 0.584. The Morgan fingerprint density at radius 1 is 1.09 bits per heavy atom. The molecule has 1 aromatic carbocycles. The molecule has 0 spiro atoms. The number of imidazole rings is 1. The number of carbonyl (C=O) groups excluding carboxylic acids is 2. The zero-order chi connectivity index (χ0) is 25.2. The van der Waals surface area contributed by atoms with Gasteiger partial charge in [0.2, 0.25) is 0 Å². The van der Waals surface area contributed by atoms with E-state index in [4.69, 9.17) is 4.74 Å². The predicted molar refractivity (Wildman–Crippen MR) is 133 cm³/mol. The number of aromatic nitrogens is 2. The van der Waals surface area contributed by atoms with Crippen molar-refractivity contribution in [2.45, 2.75) is 78.6 Å². The summed E-state index contributed by atoms with van der Waals surface area (Å²) in [5, 5.41) is 0. The summed E-state index contributed by atoms with van der Waals surface area (Å²) in [6.07, 6.45) is 1.66. The molecule has 2 aromatic rings. The van der Waals surface area contributed by atoms with E-state index in [0.717, 1.165) is 16.9 Å². The molecule has 1 saturated heterocycles. The van der Waals surface area contributed by atoms with Crippen LogP contribution in [0, 0.1) is 6.92 Å². The minimum Gasteiger partial charge on any atom is -0.455 e. The second-order valence-electron chi connectivity index (χ2n) is 11.3. The number of urea groups is 1. The lowest BCUT2D eigenvalue weighted by Gasteiger charge is -2.49. The van der Waals surface area contributed by atoms with Gasteiger partial charge in [0.1, 0.15) is 11.9 Å². The average Bonchev–Trinajstić information content (AvgIpc) is 3.16. The lowest BCUT2D eigenvalue weighted by molar-refractivity contribution is 0.00600. The summed E-state index contributed by atoms with van der Waals surface area (Å²) >= 11 is 0. The van der Waals surface area contributed by atoms with E-state index < -0.39 is 17.1 Å². The lowest BCUT2D eigenvalue weighted by atomic mass is 9.91. The molecule has 34 heavy (non-hydrogen) atoms. The van der Waals surface area contributed by atoms with Crippen LogP contribution in [-0.4, -0.2) is 69.2 Å². The van der Waals surface area contributed by atoms with E-state index in [1.165, 1.54) is 0 Å². The lowest BCUT2D eigenvalue weighted by Crippen LogP contribution is -2.62. The summed E-state index contributed by atoms with van der Waals surface area (Å²) in [6.45, 7) is 17.0. The maximum absolute atomic E-state index is 14.2. The molecule has 8 nitrogen and oxygen atoms in total. The van der Waals surface area contributed by atoms with Gasteiger partial charge in [0.15, 0.2) is 5.69 Å². The monoisotopic (exact) mass is 467 g/mol. The second-order valence-corrected chi connectivity index (χ2v) is 11.3. The van der Waals surface area contributed by atoms with Gasteiger partial charge < -0.3 is 9.64 Å². The van der Waals surface area contributed by atoms with E-state index in [1.807, 2.05) is 74.1 Å². The van der Waals surface area contributed by atoms with Gasteiger partial charge in [-0.15, -0.1) is 0 Å². The number of hydrogen-bond donors (Lipinski definition) is 0. The molecule has 8 heteroatoms. The molecule has 0 radical (unpaired) electrons. The van der Waals surface area contributed by atoms with E-state index in [2.05, 4.69) is 30.8 Å². The third-order valence-corrected chi connectivity index (χ3v) is 6.95. The number of rotatable bonds is 1. The van der Waals surface area contributed by atoms with E-state index in [-0.39, 0.29) is 23.8 Å². The number of anilines is 1. The number of ether oxygens (including phenoxy) is 1. The Labute approximate surface area is 202 Å². The summed E-state index contributed by atoms with van der Waals surface area (Å²) < 4.78 is 7.59. The van der Waals surface area contributed by atoms with Crippen molar-refractivity contribution in [3.8, 4) is 5.69 Å². The molecule has 3 heterocycles. The van der Waals surface area contributed by atoms with Crippen LogP contribution >= 0.6 is 0 Å². The van der Waals surface area contributed by atoms with Gasteiger partial charge in [-0.2, -0.15) is 0 Å². The first kappa shape index (κ1) is 24.3. The summed E-state index contributed by atoms with van der Waals surface area (Å²) in [7, 11) is 2.10. The van der Waals surface area contributed by atoms with E-state index in [1.54, 1.807) is 6.33 Å². The molecule has 184 valence electrons. The minimum atomic E-state index is -0.837. The molecule has 0 saturated carbocycles. The number of carbonyl (C=O) groups is 2. The van der Waals surface area contributed by atoms with Gasteiger partial charge in [0.25, 0.3) is 0 Å². The second kappa shape index (κ2) is 8.12. The van der Waals surface area contributed by atoms with Gasteiger partial charge in [-0.3, -0.25) is 14.4 Å². The van der Waals surface area contributed by atoms with Crippen molar-refractivity contribution in [2.24, 2.45) is 0 Å². The average molecular weight is 468 g/mol. The number of aryl methyl sites for hydroxylation is 1. The van der Waals surface area contributed by atoms with Crippen LogP contribution in [0.4, 0.5) is 10.5 Å². The third kappa shape index (κ3) is 3.98. The summed E-state index contributed by atoms with van der Waals surface area (Å²) in [4.78, 5) is 37.8. The first-order valence-electron chi connectivity index (χ1n) is 12.0. The van der Waals surface area contributed by atoms with Gasteiger partial charge in [-0.1, -0.05) is 6.07 Å². The zero-order valence-electron chi connectivity index (χ0n) is 21.8. The molecule has 2 aliphatic heterocycles. The van der Waals surface area contributed by atoms with Gasteiger partial charge in [0, 0.05) is 25.2 Å². The third-order valence-electron chi connectivity index (χ3n) is 6.95. The normalized spacial score (nSPS) is 22.3. The van der Waals surface area contributed by atoms with E-state index in [0.29, 0.717) is 18.8 Å². The number of esters is 1. The molecule has 2 aliphatic rings. The van der Waals surface area contributed by atoms with Crippen LogP contribution in [0.25, 0.3) is 5.69 Å². The topological polar surface area (TPSA) is 70.9 Å². The SMILES string of the molecule is Cc1ccc2c(c1)N(C(=O)N1CC(C)N(C)C(C)C1)C(C)(C)c1c(C(=O)OC(C)(C)C)ncn1-2. The van der Waals surface area contributed by atoms with Crippen LogP contribution in [0.5, 0.6) is 0 Å². The highest BCUT2D eigenvalue weighted by Crippen LogP contribution is 2.45. The number of piperazine rings is 1. The maximum Gasteiger partial charge on any atom is 0.359 e. The van der Waals surface area contributed by atoms with Crippen LogP contribution in [0.1, 0.15) is 70.2 Å². The smallest absolute Gasteiger partial charge is 0.359 e. The molecule has 0 bridgehead atoms. The highest BCUT2D eigenvalue weighted by molar-refractivity contribution is 5.99. The molecule has 0 N–H and O–H groups in total. The predicted octanol–water partition coefficient (Wildman–Crippen LogP) is 4.34. The first-order valence-corrected chi connectivity index (χ1v) is 12.0. The van der Waals surface area contributed by atoms with Gasteiger partial charge in [-0.05, 0) is 80.1 Å². The Balaban J connectivity index is 1.84. The summed E-state index contributed by atoms with van der Waals surface area (Å²) in [5.41, 5.74) is 2.11. The Bertz CT molecular complexity index is 1120. The fourth-order valence-electron chi connectivity index (χ4n) is 5.06.